The number of esters is 1. The van der Waals surface area contributed by atoms with Crippen LogP contribution in [0.2, 0.25) is 5.02 Å². The van der Waals surface area contributed by atoms with E-state index in [4.69, 9.17) is 25.8 Å². The second kappa shape index (κ2) is 17.8. The van der Waals surface area contributed by atoms with E-state index in [1.54, 1.807) is 56.8 Å². The van der Waals surface area contributed by atoms with Gasteiger partial charge in [-0.15, -0.1) is 0 Å². The Kier molecular flexibility index (Phi) is 14.3. The zero-order valence-electron chi connectivity index (χ0n) is 33.9. The molecule has 0 saturated carbocycles. The lowest BCUT2D eigenvalue weighted by Gasteiger charge is -2.41. The number of rotatable bonds is 10. The molecule has 0 unspecified atom stereocenters. The van der Waals surface area contributed by atoms with Crippen LogP contribution in [0.5, 0.6) is 0 Å². The number of carbonyl (C=O) groups excluding carboxylic acids is 6. The highest BCUT2D eigenvalue weighted by molar-refractivity contribution is 8.01. The second-order valence-electron chi connectivity index (χ2n) is 16.3. The first-order chi connectivity index (χ1) is 26.0. The number of fused-ring (bicyclic) bond motifs is 5. The van der Waals surface area contributed by atoms with Gasteiger partial charge in [-0.3, -0.25) is 19.7 Å². The number of hydrogen-bond acceptors (Lipinski definition) is 11. The highest BCUT2D eigenvalue weighted by Crippen LogP contribution is 2.49. The fourth-order valence-corrected chi connectivity index (χ4v) is 9.20. The molecular formula is C41H56ClN3O10S. The maximum atomic E-state index is 14.2. The van der Waals surface area contributed by atoms with Crippen LogP contribution < -0.4 is 10.2 Å². The lowest BCUT2D eigenvalue weighted by Crippen LogP contribution is -2.61. The monoisotopic (exact) mass is 817 g/mol. The molecule has 0 aliphatic carbocycles. The third-order valence-corrected chi connectivity index (χ3v) is 12.7. The number of halogens is 1. The minimum Gasteiger partial charge on any atom is -0.457 e. The van der Waals surface area contributed by atoms with E-state index in [0.717, 1.165) is 5.57 Å². The Morgan fingerprint density at radius 3 is 2.54 bits per heavy atom. The van der Waals surface area contributed by atoms with E-state index in [-0.39, 0.29) is 46.2 Å². The maximum absolute atomic E-state index is 14.2. The summed E-state index contributed by atoms with van der Waals surface area (Å²) < 4.78 is 17.8. The highest BCUT2D eigenvalue weighted by Gasteiger charge is 2.64. The van der Waals surface area contributed by atoms with Gasteiger partial charge in [0.2, 0.25) is 11.8 Å². The molecule has 0 aromatic heterocycles. The molecule has 0 radical (unpaired) electrons. The summed E-state index contributed by atoms with van der Waals surface area (Å²) in [5.74, 6) is -3.26. The molecular weight excluding hydrogens is 762 g/mol. The number of anilines is 1. The van der Waals surface area contributed by atoms with Crippen LogP contribution in [0.3, 0.4) is 0 Å². The molecule has 308 valence electrons. The lowest BCUT2D eigenvalue weighted by molar-refractivity contribution is -0.162. The van der Waals surface area contributed by atoms with Crippen molar-refractivity contribution in [3.05, 3.63) is 52.1 Å². The average molecular weight is 818 g/mol. The van der Waals surface area contributed by atoms with Crippen LogP contribution in [0.25, 0.3) is 0 Å². The first kappa shape index (κ1) is 45.0. The molecule has 1 aromatic rings. The van der Waals surface area contributed by atoms with Crippen LogP contribution in [0.15, 0.2) is 35.9 Å². The quantitative estimate of drug-likeness (QED) is 0.166. The van der Waals surface area contributed by atoms with E-state index in [1.807, 2.05) is 6.92 Å². The van der Waals surface area contributed by atoms with Gasteiger partial charge < -0.3 is 33.9 Å². The van der Waals surface area contributed by atoms with Gasteiger partial charge >= 0.3 is 12.1 Å². The van der Waals surface area contributed by atoms with E-state index >= 15 is 0 Å². The highest BCUT2D eigenvalue weighted by atomic mass is 35.5. The SMILES string of the molecule is C/C1=C\C=C\[C@@H](C=O)[C@@]2(O)C[C@H](OC(=O)N2)[C@@H](C)[C@@H]2O[C@@]2(C)[C@@H](OC(=O)[C@H](C)N(C)C(=O)CCC(C)(C)SC(C)C)CC(=O)N(C)c2cc(cc(C=O)c2Cl)C1. The van der Waals surface area contributed by atoms with Crippen molar-refractivity contribution in [2.75, 3.05) is 19.0 Å². The minimum atomic E-state index is -1.99. The van der Waals surface area contributed by atoms with Crippen molar-refractivity contribution < 1.29 is 48.1 Å². The summed E-state index contributed by atoms with van der Waals surface area (Å²) in [5, 5.41) is 14.5. The average Bonchev–Trinajstić information content (AvgIpc) is 3.82. The van der Waals surface area contributed by atoms with Crippen molar-refractivity contribution in [1.82, 2.24) is 10.2 Å². The van der Waals surface area contributed by atoms with Crippen LogP contribution in [-0.4, -0.2) is 106 Å². The molecule has 3 aliphatic heterocycles. The number of alkyl carbamates (subject to hydrolysis) is 1. The molecule has 2 fully saturated rings. The Morgan fingerprint density at radius 1 is 1.23 bits per heavy atom. The molecule has 4 rings (SSSR count). The number of aldehydes is 2. The smallest absolute Gasteiger partial charge is 0.409 e. The second-order valence-corrected chi connectivity index (χ2v) is 19.0. The Balaban J connectivity index is 1.71. The van der Waals surface area contributed by atoms with Gasteiger partial charge in [-0.1, -0.05) is 70.0 Å². The molecule has 2 saturated heterocycles. The fourth-order valence-electron chi connectivity index (χ4n) is 7.43. The normalized spacial score (nSPS) is 30.5. The van der Waals surface area contributed by atoms with Gasteiger partial charge in [0.05, 0.1) is 29.2 Å². The van der Waals surface area contributed by atoms with Crippen LogP contribution >= 0.6 is 23.4 Å². The zero-order valence-corrected chi connectivity index (χ0v) is 35.5. The van der Waals surface area contributed by atoms with E-state index < -0.39 is 65.5 Å². The van der Waals surface area contributed by atoms with Gasteiger partial charge in [0.25, 0.3) is 0 Å². The van der Waals surface area contributed by atoms with Gasteiger partial charge in [0.1, 0.15) is 30.1 Å². The molecule has 2 N–H and O–H groups in total. The van der Waals surface area contributed by atoms with E-state index in [1.165, 1.54) is 30.0 Å². The third-order valence-electron chi connectivity index (χ3n) is 11.0. The lowest BCUT2D eigenvalue weighted by atomic mass is 9.82. The van der Waals surface area contributed by atoms with E-state index in [0.29, 0.717) is 36.2 Å². The summed E-state index contributed by atoms with van der Waals surface area (Å²) in [5.41, 5.74) is -1.37. The zero-order chi connectivity index (χ0) is 41.9. The van der Waals surface area contributed by atoms with Gasteiger partial charge in [0.15, 0.2) is 12.0 Å². The van der Waals surface area contributed by atoms with E-state index in [2.05, 4.69) is 33.0 Å². The number of nitrogens with one attached hydrogen (secondary N) is 1. The molecule has 3 aliphatic rings. The number of hydrogen-bond donors (Lipinski definition) is 2. The number of thioether (sulfide) groups is 1. The Bertz CT molecular complexity index is 1770. The first-order valence-electron chi connectivity index (χ1n) is 18.9. The number of nitrogens with zero attached hydrogens (tertiary/aromatic N) is 2. The van der Waals surface area contributed by atoms with Crippen molar-refractivity contribution in [3.8, 4) is 0 Å². The summed E-state index contributed by atoms with van der Waals surface area (Å²) in [6.07, 6.45) is 2.77. The predicted octanol–water partition coefficient (Wildman–Crippen LogP) is 5.82. The molecule has 1 aromatic carbocycles. The fraction of sp³-hybridized carbons (Fsp3) is 0.610. The van der Waals surface area contributed by atoms with Crippen molar-refractivity contribution >= 4 is 65.5 Å². The van der Waals surface area contributed by atoms with Crippen molar-refractivity contribution in [3.63, 3.8) is 0 Å². The van der Waals surface area contributed by atoms with Crippen LogP contribution in [0, 0.1) is 11.8 Å². The summed E-state index contributed by atoms with van der Waals surface area (Å²) >= 11 is 8.43. The van der Waals surface area contributed by atoms with Gasteiger partial charge in [-0.05, 0) is 56.6 Å². The van der Waals surface area contributed by atoms with Gasteiger partial charge in [-0.25, -0.2) is 9.59 Å². The van der Waals surface area contributed by atoms with Crippen LogP contribution in [-0.2, 0) is 39.8 Å². The van der Waals surface area contributed by atoms with Gasteiger partial charge in [-0.2, -0.15) is 11.8 Å². The topological polar surface area (TPSA) is 172 Å². The summed E-state index contributed by atoms with van der Waals surface area (Å²) in [6, 6.07) is 2.30. The Hall–Kier alpha value is -3.72. The van der Waals surface area contributed by atoms with Crippen LogP contribution in [0.4, 0.5) is 10.5 Å². The molecule has 56 heavy (non-hydrogen) atoms. The van der Waals surface area contributed by atoms with Crippen molar-refractivity contribution in [2.24, 2.45) is 11.8 Å². The largest absolute Gasteiger partial charge is 0.457 e. The number of ether oxygens (including phenoxy) is 3. The Morgan fingerprint density at radius 2 is 1.91 bits per heavy atom. The molecule has 13 nitrogen and oxygen atoms in total. The summed E-state index contributed by atoms with van der Waals surface area (Å²) in [4.78, 5) is 81.2. The standard InChI is InChI=1S/C41H56ClN3O10S/c1-23(2)56-39(6,7)15-14-33(48)44(9)26(5)37(50)54-32-19-34(49)45(10)30-18-27(17-28(21-46)35(30)42)16-24(3)12-11-13-29(22-47)41(52)20-31(53-38(51)43-41)25(4)36-40(32,8)55-36/h11-13,17-18,21-23,25-26,29,31-32,36,52H,14-16,19-20H2,1-10H3,(H,43,51)/b13-11+,24-12+/t25-,26+,29+,31+,32+,36+,40+,41+/m1/s1. The van der Waals surface area contributed by atoms with Crippen LogP contribution in [0.1, 0.15) is 97.0 Å². The number of carbonyl (C=O) groups is 6. The number of epoxide rings is 1. The molecule has 3 heterocycles. The molecule has 3 amide bonds. The third kappa shape index (κ3) is 10.4. The molecule has 15 heteroatoms. The van der Waals surface area contributed by atoms with Gasteiger partial charge in [0, 0.05) is 43.2 Å². The number of likely N-dealkylation sites (N-methyl/N-ethyl adjacent to an activating group) is 1. The minimum absolute atomic E-state index is 0.0633. The Labute approximate surface area is 338 Å². The summed E-state index contributed by atoms with van der Waals surface area (Å²) in [6.45, 7) is 15.2. The summed E-state index contributed by atoms with van der Waals surface area (Å²) in [7, 11) is 3.04. The molecule has 8 atom stereocenters. The molecule has 0 spiro atoms. The maximum Gasteiger partial charge on any atom is 0.409 e. The van der Waals surface area contributed by atoms with Crippen molar-refractivity contribution in [2.45, 2.75) is 133 Å². The number of allylic oxidation sites excluding steroid dienone is 3. The van der Waals surface area contributed by atoms with Crippen molar-refractivity contribution in [1.29, 1.82) is 0 Å². The number of aliphatic hydroxyl groups is 1. The van der Waals surface area contributed by atoms with E-state index in [9.17, 15) is 33.9 Å². The first-order valence-corrected chi connectivity index (χ1v) is 20.2. The number of amides is 3. The number of benzene rings is 1. The predicted molar refractivity (Wildman–Crippen MR) is 215 cm³/mol. The molecule has 4 bridgehead atoms.